The summed E-state index contributed by atoms with van der Waals surface area (Å²) in [6.45, 7) is 1.06. The predicted octanol–water partition coefficient (Wildman–Crippen LogP) is 3.09. The molecule has 0 aromatic carbocycles. The third-order valence-corrected chi connectivity index (χ3v) is 6.98. The molecule has 8 nitrogen and oxygen atoms in total. The molecular formula is C24H24N6O2. The van der Waals surface area contributed by atoms with E-state index in [4.69, 9.17) is 4.74 Å². The van der Waals surface area contributed by atoms with E-state index in [1.807, 2.05) is 24.4 Å². The van der Waals surface area contributed by atoms with Gasteiger partial charge in [-0.05, 0) is 50.1 Å². The lowest BCUT2D eigenvalue weighted by Crippen LogP contribution is -2.37. The lowest BCUT2D eigenvalue weighted by atomic mass is 10.0. The molecule has 6 rings (SSSR count). The summed E-state index contributed by atoms with van der Waals surface area (Å²) in [5.74, 6) is 1.95. The van der Waals surface area contributed by atoms with Crippen LogP contribution in [0.15, 0.2) is 36.7 Å². The molecule has 3 aromatic rings. The van der Waals surface area contributed by atoms with Crippen LogP contribution in [0, 0.1) is 23.2 Å². The quantitative estimate of drug-likeness (QED) is 0.671. The summed E-state index contributed by atoms with van der Waals surface area (Å²) >= 11 is 0. The van der Waals surface area contributed by atoms with E-state index < -0.39 is 0 Å². The highest BCUT2D eigenvalue weighted by molar-refractivity contribution is 5.93. The van der Waals surface area contributed by atoms with Gasteiger partial charge in [0, 0.05) is 48.7 Å². The Kier molecular flexibility index (Phi) is 4.40. The number of carbonyl (C=O) groups excluding carboxylic acids is 1. The topological polar surface area (TPSA) is 95.6 Å². The standard InChI is InChI=1S/C24H24N6O2/c1-29-13-16-7-18(29)9-21(16)32-22-12-26-17(11-25)8-20(22)15-4-5-30-19(6-15)10-23(28-30)27-24(31)14-2-3-14/h4-6,8,10,12,14,16,18,21H,2-3,7,9,13H2,1H3,(H,27,28,31)/t16-,18-,21+/m0/s1. The summed E-state index contributed by atoms with van der Waals surface area (Å²) in [6, 6.07) is 10.3. The van der Waals surface area contributed by atoms with Gasteiger partial charge < -0.3 is 15.0 Å². The van der Waals surface area contributed by atoms with Crippen LogP contribution in [0.3, 0.4) is 0 Å². The molecule has 3 aliphatic rings. The highest BCUT2D eigenvalue weighted by Gasteiger charge is 2.44. The number of pyridine rings is 2. The van der Waals surface area contributed by atoms with Crippen molar-refractivity contribution in [2.24, 2.45) is 11.8 Å². The van der Waals surface area contributed by atoms with E-state index in [-0.39, 0.29) is 17.9 Å². The molecule has 0 unspecified atom stereocenters. The number of anilines is 1. The molecule has 1 saturated heterocycles. The Bertz CT molecular complexity index is 1260. The number of likely N-dealkylation sites (tertiary alicyclic amines) is 1. The maximum Gasteiger partial charge on any atom is 0.228 e. The number of piperidine rings is 1. The monoisotopic (exact) mass is 428 g/mol. The predicted molar refractivity (Wildman–Crippen MR) is 118 cm³/mol. The van der Waals surface area contributed by atoms with E-state index in [1.165, 1.54) is 6.42 Å². The molecule has 1 N–H and O–H groups in total. The SMILES string of the molecule is CN1C[C@@H]2C[C@H]1C[C@H]2Oc1cnc(C#N)cc1-c1ccn2nc(NC(=O)C3CC3)cc2c1. The number of carbonyl (C=O) groups is 1. The van der Waals surface area contributed by atoms with Crippen LogP contribution in [-0.4, -0.2) is 51.1 Å². The van der Waals surface area contributed by atoms with Crippen LogP contribution < -0.4 is 10.1 Å². The number of hydrogen-bond acceptors (Lipinski definition) is 6. The molecule has 3 aromatic heterocycles. The van der Waals surface area contributed by atoms with Crippen molar-refractivity contribution in [1.82, 2.24) is 19.5 Å². The number of hydrogen-bond donors (Lipinski definition) is 1. The van der Waals surface area contributed by atoms with Crippen molar-refractivity contribution in [2.75, 3.05) is 18.9 Å². The molecule has 162 valence electrons. The molecule has 3 fully saturated rings. The van der Waals surface area contributed by atoms with E-state index in [9.17, 15) is 10.1 Å². The van der Waals surface area contributed by atoms with Gasteiger partial charge in [0.1, 0.15) is 23.6 Å². The van der Waals surface area contributed by atoms with E-state index >= 15 is 0 Å². The zero-order valence-electron chi connectivity index (χ0n) is 17.9. The van der Waals surface area contributed by atoms with Crippen LogP contribution in [0.25, 0.3) is 16.6 Å². The number of amides is 1. The number of nitriles is 1. The van der Waals surface area contributed by atoms with Crippen molar-refractivity contribution in [3.8, 4) is 22.9 Å². The molecule has 3 atom stereocenters. The van der Waals surface area contributed by atoms with Crippen molar-refractivity contribution in [2.45, 2.75) is 37.8 Å². The smallest absolute Gasteiger partial charge is 0.228 e. The molecule has 1 aliphatic heterocycles. The third kappa shape index (κ3) is 3.39. The number of fused-ring (bicyclic) bond motifs is 3. The van der Waals surface area contributed by atoms with E-state index in [1.54, 1.807) is 16.8 Å². The Labute approximate surface area is 185 Å². The summed E-state index contributed by atoms with van der Waals surface area (Å²) in [7, 11) is 2.18. The van der Waals surface area contributed by atoms with Gasteiger partial charge in [0.2, 0.25) is 5.91 Å². The lowest BCUT2D eigenvalue weighted by molar-refractivity contribution is -0.117. The van der Waals surface area contributed by atoms with E-state index in [0.29, 0.717) is 29.2 Å². The molecule has 2 saturated carbocycles. The first-order valence-corrected chi connectivity index (χ1v) is 11.1. The van der Waals surface area contributed by atoms with Crippen molar-refractivity contribution >= 4 is 17.2 Å². The number of ether oxygens (including phenoxy) is 1. The average Bonchev–Trinajstić information content (AvgIpc) is 3.33. The fourth-order valence-electron chi connectivity index (χ4n) is 5.06. The minimum atomic E-state index is 0.0358. The van der Waals surface area contributed by atoms with Crippen molar-refractivity contribution in [3.05, 3.63) is 42.4 Å². The fourth-order valence-corrected chi connectivity index (χ4v) is 5.06. The molecule has 8 heteroatoms. The van der Waals surface area contributed by atoms with Crippen LogP contribution in [0.2, 0.25) is 0 Å². The van der Waals surface area contributed by atoms with Gasteiger partial charge in [-0.1, -0.05) is 0 Å². The Hall–Kier alpha value is -3.44. The molecular weight excluding hydrogens is 404 g/mol. The Morgan fingerprint density at radius 3 is 2.88 bits per heavy atom. The first kappa shape index (κ1) is 19.3. The largest absolute Gasteiger partial charge is 0.488 e. The second-order valence-corrected chi connectivity index (χ2v) is 9.24. The van der Waals surface area contributed by atoms with Gasteiger partial charge in [0.25, 0.3) is 0 Å². The van der Waals surface area contributed by atoms with Crippen molar-refractivity contribution in [1.29, 1.82) is 5.26 Å². The normalized spacial score (nSPS) is 24.6. The summed E-state index contributed by atoms with van der Waals surface area (Å²) < 4.78 is 8.21. The molecule has 4 heterocycles. The average molecular weight is 428 g/mol. The highest BCUT2D eigenvalue weighted by atomic mass is 16.5. The molecule has 0 spiro atoms. The van der Waals surface area contributed by atoms with Gasteiger partial charge in [-0.2, -0.15) is 10.4 Å². The Morgan fingerprint density at radius 2 is 2.16 bits per heavy atom. The first-order valence-electron chi connectivity index (χ1n) is 11.1. The van der Waals surface area contributed by atoms with Gasteiger partial charge in [-0.15, -0.1) is 0 Å². The molecule has 1 amide bonds. The van der Waals surface area contributed by atoms with Crippen LogP contribution >= 0.6 is 0 Å². The van der Waals surface area contributed by atoms with Crippen LogP contribution in [0.5, 0.6) is 5.75 Å². The zero-order valence-corrected chi connectivity index (χ0v) is 17.9. The van der Waals surface area contributed by atoms with Gasteiger partial charge in [-0.25, -0.2) is 9.50 Å². The number of nitrogens with one attached hydrogen (secondary N) is 1. The zero-order chi connectivity index (χ0) is 21.8. The summed E-state index contributed by atoms with van der Waals surface area (Å²) in [5.41, 5.74) is 2.98. The van der Waals surface area contributed by atoms with Crippen molar-refractivity contribution < 1.29 is 9.53 Å². The van der Waals surface area contributed by atoms with Gasteiger partial charge in [-0.3, -0.25) is 4.79 Å². The second kappa shape index (κ2) is 7.31. The van der Waals surface area contributed by atoms with E-state index in [0.717, 1.165) is 42.5 Å². The highest BCUT2D eigenvalue weighted by Crippen LogP contribution is 2.41. The molecule has 32 heavy (non-hydrogen) atoms. The number of rotatable bonds is 5. The molecule has 2 aliphatic carbocycles. The first-order chi connectivity index (χ1) is 15.6. The Morgan fingerprint density at radius 1 is 1.28 bits per heavy atom. The number of nitrogens with zero attached hydrogens (tertiary/aromatic N) is 5. The van der Waals surface area contributed by atoms with Gasteiger partial charge >= 0.3 is 0 Å². The second-order valence-electron chi connectivity index (χ2n) is 9.24. The number of aromatic nitrogens is 3. The third-order valence-electron chi connectivity index (χ3n) is 6.98. The minimum absolute atomic E-state index is 0.0358. The maximum atomic E-state index is 12.1. The Balaban J connectivity index is 1.31. The lowest BCUT2D eigenvalue weighted by Gasteiger charge is -2.29. The molecule has 2 bridgehead atoms. The maximum absolute atomic E-state index is 12.1. The minimum Gasteiger partial charge on any atom is -0.488 e. The summed E-state index contributed by atoms with van der Waals surface area (Å²) in [5, 5.41) is 16.7. The van der Waals surface area contributed by atoms with Crippen LogP contribution in [0.4, 0.5) is 5.82 Å². The molecule has 0 radical (unpaired) electrons. The van der Waals surface area contributed by atoms with Crippen LogP contribution in [0.1, 0.15) is 31.4 Å². The summed E-state index contributed by atoms with van der Waals surface area (Å²) in [6.07, 6.45) is 7.81. The van der Waals surface area contributed by atoms with Crippen LogP contribution in [-0.2, 0) is 4.79 Å². The fraction of sp³-hybridized carbons (Fsp3) is 0.417. The summed E-state index contributed by atoms with van der Waals surface area (Å²) in [4.78, 5) is 18.8. The van der Waals surface area contributed by atoms with Gasteiger partial charge in [0.15, 0.2) is 5.82 Å². The van der Waals surface area contributed by atoms with Gasteiger partial charge in [0.05, 0.1) is 11.7 Å². The van der Waals surface area contributed by atoms with E-state index in [2.05, 4.69) is 33.4 Å². The van der Waals surface area contributed by atoms with Crippen molar-refractivity contribution in [3.63, 3.8) is 0 Å².